The summed E-state index contributed by atoms with van der Waals surface area (Å²) in [6, 6.07) is 5.03. The summed E-state index contributed by atoms with van der Waals surface area (Å²) in [5.74, 6) is 0.687. The fourth-order valence-electron chi connectivity index (χ4n) is 3.61. The Morgan fingerprint density at radius 2 is 2.12 bits per heavy atom. The molecule has 0 unspecified atom stereocenters. The number of rotatable bonds is 4. The first-order valence-corrected chi connectivity index (χ1v) is 9.98. The molecule has 0 spiro atoms. The van der Waals surface area contributed by atoms with Crippen molar-refractivity contribution in [1.29, 1.82) is 0 Å². The van der Waals surface area contributed by atoms with Crippen molar-refractivity contribution in [2.75, 3.05) is 38.1 Å². The number of sulfonamides is 1. The molecule has 2 aliphatic rings. The molecule has 0 aliphatic carbocycles. The van der Waals surface area contributed by atoms with Crippen molar-refractivity contribution in [2.45, 2.75) is 31.1 Å². The third kappa shape index (κ3) is 3.48. The van der Waals surface area contributed by atoms with Crippen LogP contribution < -0.4 is 9.62 Å². The zero-order valence-corrected chi connectivity index (χ0v) is 15.1. The summed E-state index contributed by atoms with van der Waals surface area (Å²) in [6.45, 7) is 5.18. The molecular formula is C17H25N3O3S. The maximum absolute atomic E-state index is 12.7. The van der Waals surface area contributed by atoms with Crippen molar-refractivity contribution >= 4 is 21.6 Å². The first-order chi connectivity index (χ1) is 11.4. The van der Waals surface area contributed by atoms with Gasteiger partial charge in [0, 0.05) is 18.8 Å². The number of hydrogen-bond acceptors (Lipinski definition) is 4. The highest BCUT2D eigenvalue weighted by atomic mass is 32.2. The maximum Gasteiger partial charge on any atom is 0.241 e. The molecule has 1 fully saturated rings. The normalized spacial score (nSPS) is 21.8. The van der Waals surface area contributed by atoms with E-state index in [1.165, 1.54) is 13.5 Å². The number of likely N-dealkylation sites (tertiary alicyclic amines) is 1. The van der Waals surface area contributed by atoms with Crippen LogP contribution in [0.1, 0.15) is 25.3 Å². The second-order valence-corrected chi connectivity index (χ2v) is 8.66. The zero-order valence-electron chi connectivity index (χ0n) is 14.3. The molecule has 1 amide bonds. The van der Waals surface area contributed by atoms with Crippen LogP contribution in [0, 0.1) is 5.92 Å². The third-order valence-electron chi connectivity index (χ3n) is 4.93. The van der Waals surface area contributed by atoms with Crippen LogP contribution >= 0.6 is 0 Å². The SMILES string of the molecule is CNS(=O)(=O)c1ccc2c(c1)N(C(=O)CN1CCC[C@H](C)C1)CC2. The first kappa shape index (κ1) is 17.4. The van der Waals surface area contributed by atoms with E-state index in [4.69, 9.17) is 0 Å². The van der Waals surface area contributed by atoms with Crippen molar-refractivity contribution in [3.8, 4) is 0 Å². The summed E-state index contributed by atoms with van der Waals surface area (Å²) in [5.41, 5.74) is 1.77. The van der Waals surface area contributed by atoms with Gasteiger partial charge >= 0.3 is 0 Å². The van der Waals surface area contributed by atoms with Gasteiger partial charge in [-0.25, -0.2) is 13.1 Å². The average Bonchev–Trinajstić information content (AvgIpc) is 2.98. The number of anilines is 1. The Bertz CT molecular complexity index is 733. The average molecular weight is 351 g/mol. The van der Waals surface area contributed by atoms with E-state index in [0.717, 1.165) is 37.2 Å². The molecule has 132 valence electrons. The summed E-state index contributed by atoms with van der Waals surface area (Å²) in [7, 11) is -2.11. The number of carbonyl (C=O) groups is 1. The standard InChI is InChI=1S/C17H25N3O3S/c1-13-4-3-8-19(11-13)12-17(21)20-9-7-14-5-6-15(10-16(14)20)24(22,23)18-2/h5-6,10,13,18H,3-4,7-9,11-12H2,1-2H3/t13-/m0/s1. The minimum Gasteiger partial charge on any atom is -0.311 e. The Balaban J connectivity index is 1.78. The lowest BCUT2D eigenvalue weighted by molar-refractivity contribution is -0.120. The second-order valence-electron chi connectivity index (χ2n) is 6.78. The predicted molar refractivity (Wildman–Crippen MR) is 93.6 cm³/mol. The molecule has 24 heavy (non-hydrogen) atoms. The number of amides is 1. The fourth-order valence-corrected chi connectivity index (χ4v) is 4.36. The largest absolute Gasteiger partial charge is 0.311 e. The highest BCUT2D eigenvalue weighted by molar-refractivity contribution is 7.89. The van der Waals surface area contributed by atoms with E-state index < -0.39 is 10.0 Å². The van der Waals surface area contributed by atoms with Gasteiger partial charge in [-0.15, -0.1) is 0 Å². The van der Waals surface area contributed by atoms with Gasteiger partial charge < -0.3 is 4.90 Å². The number of hydrogen-bond donors (Lipinski definition) is 1. The summed E-state index contributed by atoms with van der Waals surface area (Å²) in [5, 5.41) is 0. The van der Waals surface area contributed by atoms with E-state index >= 15 is 0 Å². The highest BCUT2D eigenvalue weighted by Gasteiger charge is 2.28. The molecule has 1 N–H and O–H groups in total. The Labute approximate surface area is 143 Å². The van der Waals surface area contributed by atoms with Crippen LogP contribution in [0.15, 0.2) is 23.1 Å². The number of nitrogens with one attached hydrogen (secondary N) is 1. The van der Waals surface area contributed by atoms with Gasteiger partial charge in [0.15, 0.2) is 0 Å². The van der Waals surface area contributed by atoms with Gasteiger partial charge in [0.05, 0.1) is 11.4 Å². The van der Waals surface area contributed by atoms with Crippen LogP contribution in [-0.2, 0) is 21.2 Å². The van der Waals surface area contributed by atoms with E-state index in [2.05, 4.69) is 16.5 Å². The Kier molecular flexibility index (Phi) is 4.94. The first-order valence-electron chi connectivity index (χ1n) is 8.50. The van der Waals surface area contributed by atoms with Crippen molar-refractivity contribution < 1.29 is 13.2 Å². The van der Waals surface area contributed by atoms with Crippen molar-refractivity contribution in [1.82, 2.24) is 9.62 Å². The molecule has 0 aromatic heterocycles. The van der Waals surface area contributed by atoms with Crippen molar-refractivity contribution in [2.24, 2.45) is 5.92 Å². The van der Waals surface area contributed by atoms with Gasteiger partial charge in [0.1, 0.15) is 0 Å². The second kappa shape index (κ2) is 6.82. The summed E-state index contributed by atoms with van der Waals surface area (Å²) >= 11 is 0. The number of nitrogens with zero attached hydrogens (tertiary/aromatic N) is 2. The van der Waals surface area contributed by atoms with E-state index in [0.29, 0.717) is 19.0 Å². The molecule has 0 saturated carbocycles. The van der Waals surface area contributed by atoms with Gasteiger partial charge in [0.25, 0.3) is 0 Å². The van der Waals surface area contributed by atoms with Gasteiger partial charge in [-0.1, -0.05) is 13.0 Å². The molecule has 0 bridgehead atoms. The lowest BCUT2D eigenvalue weighted by Gasteiger charge is -2.31. The van der Waals surface area contributed by atoms with Gasteiger partial charge in [-0.05, 0) is 56.5 Å². The Hall–Kier alpha value is -1.44. The lowest BCUT2D eigenvalue weighted by atomic mass is 10.0. The lowest BCUT2D eigenvalue weighted by Crippen LogP contribution is -2.43. The van der Waals surface area contributed by atoms with E-state index in [-0.39, 0.29) is 10.8 Å². The van der Waals surface area contributed by atoms with E-state index in [1.54, 1.807) is 17.0 Å². The maximum atomic E-state index is 12.7. The van der Waals surface area contributed by atoms with E-state index in [1.807, 2.05) is 6.07 Å². The summed E-state index contributed by atoms with van der Waals surface area (Å²) in [4.78, 5) is 16.9. The topological polar surface area (TPSA) is 69.7 Å². The molecule has 3 rings (SSSR count). The van der Waals surface area contributed by atoms with Crippen LogP contribution in [0.3, 0.4) is 0 Å². The fraction of sp³-hybridized carbons (Fsp3) is 0.588. The Morgan fingerprint density at radius 1 is 1.33 bits per heavy atom. The smallest absolute Gasteiger partial charge is 0.241 e. The van der Waals surface area contributed by atoms with Crippen LogP contribution in [0.2, 0.25) is 0 Å². The van der Waals surface area contributed by atoms with Gasteiger partial charge in [-0.3, -0.25) is 9.69 Å². The number of piperidine rings is 1. The monoisotopic (exact) mass is 351 g/mol. The molecule has 1 aromatic carbocycles. The third-order valence-corrected chi connectivity index (χ3v) is 6.34. The molecule has 0 radical (unpaired) electrons. The van der Waals surface area contributed by atoms with Crippen LogP contribution in [-0.4, -0.2) is 52.5 Å². The zero-order chi connectivity index (χ0) is 17.3. The van der Waals surface area contributed by atoms with Crippen molar-refractivity contribution in [3.05, 3.63) is 23.8 Å². The highest BCUT2D eigenvalue weighted by Crippen LogP contribution is 2.31. The quantitative estimate of drug-likeness (QED) is 0.885. The number of fused-ring (bicyclic) bond motifs is 1. The minimum absolute atomic E-state index is 0.0573. The number of carbonyl (C=O) groups excluding carboxylic acids is 1. The molecule has 1 aromatic rings. The Morgan fingerprint density at radius 3 is 2.83 bits per heavy atom. The predicted octanol–water partition coefficient (Wildman–Crippen LogP) is 1.22. The van der Waals surface area contributed by atoms with Crippen molar-refractivity contribution in [3.63, 3.8) is 0 Å². The molecule has 1 atom stereocenters. The summed E-state index contributed by atoms with van der Waals surface area (Å²) in [6.07, 6.45) is 3.13. The van der Waals surface area contributed by atoms with Gasteiger partial charge in [0.2, 0.25) is 15.9 Å². The molecular weight excluding hydrogens is 326 g/mol. The van der Waals surface area contributed by atoms with Crippen LogP contribution in [0.5, 0.6) is 0 Å². The molecule has 6 nitrogen and oxygen atoms in total. The van der Waals surface area contributed by atoms with E-state index in [9.17, 15) is 13.2 Å². The number of benzene rings is 1. The minimum atomic E-state index is -3.50. The van der Waals surface area contributed by atoms with Crippen LogP contribution in [0.25, 0.3) is 0 Å². The van der Waals surface area contributed by atoms with Gasteiger partial charge in [-0.2, -0.15) is 0 Å². The molecule has 2 heterocycles. The summed E-state index contributed by atoms with van der Waals surface area (Å²) < 4.78 is 26.3. The van der Waals surface area contributed by atoms with Crippen LogP contribution in [0.4, 0.5) is 5.69 Å². The molecule has 7 heteroatoms. The molecule has 2 aliphatic heterocycles. The molecule has 1 saturated heterocycles.